The van der Waals surface area contributed by atoms with Crippen molar-refractivity contribution in [1.29, 1.82) is 0 Å². The summed E-state index contributed by atoms with van der Waals surface area (Å²) >= 11 is 5.13. The van der Waals surface area contributed by atoms with Crippen LogP contribution in [0.2, 0.25) is 0 Å². The predicted octanol–water partition coefficient (Wildman–Crippen LogP) is 2.91. The van der Waals surface area contributed by atoms with Crippen LogP contribution in [0.25, 0.3) is 6.08 Å². The van der Waals surface area contributed by atoms with Crippen molar-refractivity contribution in [1.82, 2.24) is 10.2 Å². The van der Waals surface area contributed by atoms with E-state index in [9.17, 15) is 9.59 Å². The molecule has 0 radical (unpaired) electrons. The largest absolute Gasteiger partial charge is 0.345 e. The molecule has 0 saturated carbocycles. The van der Waals surface area contributed by atoms with E-state index in [1.54, 1.807) is 44.4 Å². The van der Waals surface area contributed by atoms with Gasteiger partial charge in [0.2, 0.25) is 5.91 Å². The smallest absolute Gasteiger partial charge is 0.253 e. The SMILES string of the molecule is CN(C)C(=O)c1cccc(NC(=S)NC(=O)/C=C/c2ccccc2)c1. The molecule has 25 heavy (non-hydrogen) atoms. The Bertz CT molecular complexity index is 801. The van der Waals surface area contributed by atoms with Gasteiger partial charge in [-0.3, -0.25) is 14.9 Å². The molecule has 0 spiro atoms. The summed E-state index contributed by atoms with van der Waals surface area (Å²) in [6.45, 7) is 0. The lowest BCUT2D eigenvalue weighted by molar-refractivity contribution is -0.115. The van der Waals surface area contributed by atoms with Gasteiger partial charge in [0, 0.05) is 31.4 Å². The number of thiocarbonyl (C=S) groups is 1. The average molecular weight is 353 g/mol. The second-order valence-electron chi connectivity index (χ2n) is 5.47. The minimum atomic E-state index is -0.332. The molecule has 2 rings (SSSR count). The number of carbonyl (C=O) groups is 2. The Morgan fingerprint density at radius 1 is 1.04 bits per heavy atom. The summed E-state index contributed by atoms with van der Waals surface area (Å²) in [7, 11) is 3.37. The summed E-state index contributed by atoms with van der Waals surface area (Å²) < 4.78 is 0. The Hall–Kier alpha value is -2.99. The lowest BCUT2D eigenvalue weighted by Crippen LogP contribution is -2.32. The standard InChI is InChI=1S/C19H19N3O2S/c1-22(2)18(24)15-9-6-10-16(13-15)20-19(25)21-17(23)12-11-14-7-4-3-5-8-14/h3-13H,1-2H3,(H2,20,21,23,25)/b12-11+. The third-order valence-electron chi connectivity index (χ3n) is 3.24. The molecule has 0 atom stereocenters. The van der Waals surface area contributed by atoms with Gasteiger partial charge in [0.15, 0.2) is 5.11 Å². The molecular formula is C19H19N3O2S. The zero-order chi connectivity index (χ0) is 18.2. The zero-order valence-electron chi connectivity index (χ0n) is 14.0. The fourth-order valence-corrected chi connectivity index (χ4v) is 2.26. The van der Waals surface area contributed by atoms with Crippen molar-refractivity contribution < 1.29 is 9.59 Å². The molecule has 0 bridgehead atoms. The van der Waals surface area contributed by atoms with Crippen molar-refractivity contribution in [3.8, 4) is 0 Å². The molecule has 0 aromatic heterocycles. The Kier molecular flexibility index (Phi) is 6.42. The van der Waals surface area contributed by atoms with E-state index in [0.29, 0.717) is 11.3 Å². The van der Waals surface area contributed by atoms with E-state index in [0.717, 1.165) is 5.56 Å². The zero-order valence-corrected chi connectivity index (χ0v) is 14.8. The molecule has 0 aliphatic rings. The van der Waals surface area contributed by atoms with Crippen molar-refractivity contribution in [2.75, 3.05) is 19.4 Å². The first-order valence-electron chi connectivity index (χ1n) is 7.62. The van der Waals surface area contributed by atoms with Crippen LogP contribution in [0.5, 0.6) is 0 Å². The van der Waals surface area contributed by atoms with Crippen LogP contribution >= 0.6 is 12.2 Å². The van der Waals surface area contributed by atoms with Gasteiger partial charge in [0.25, 0.3) is 5.91 Å². The maximum absolute atomic E-state index is 12.0. The van der Waals surface area contributed by atoms with Crippen molar-refractivity contribution in [2.45, 2.75) is 0 Å². The molecule has 128 valence electrons. The molecule has 5 nitrogen and oxygen atoms in total. The average Bonchev–Trinajstić information content (AvgIpc) is 2.60. The fraction of sp³-hybridized carbons (Fsp3) is 0.105. The second kappa shape index (κ2) is 8.75. The topological polar surface area (TPSA) is 61.4 Å². The molecule has 0 aliphatic heterocycles. The number of benzene rings is 2. The van der Waals surface area contributed by atoms with Gasteiger partial charge in [-0.05, 0) is 42.1 Å². The minimum absolute atomic E-state index is 0.107. The molecule has 0 fully saturated rings. The molecule has 6 heteroatoms. The van der Waals surface area contributed by atoms with Crippen LogP contribution in [0.1, 0.15) is 15.9 Å². The van der Waals surface area contributed by atoms with E-state index in [1.165, 1.54) is 11.0 Å². The van der Waals surface area contributed by atoms with Gasteiger partial charge in [0.1, 0.15) is 0 Å². The van der Waals surface area contributed by atoms with Crippen LogP contribution < -0.4 is 10.6 Å². The predicted molar refractivity (Wildman–Crippen MR) is 104 cm³/mol. The summed E-state index contributed by atoms with van der Waals surface area (Å²) in [5.74, 6) is -0.439. The molecule has 0 saturated heterocycles. The van der Waals surface area contributed by atoms with Crippen molar-refractivity contribution in [3.63, 3.8) is 0 Å². The third-order valence-corrected chi connectivity index (χ3v) is 3.44. The summed E-state index contributed by atoms with van der Waals surface area (Å²) in [5, 5.41) is 5.63. The van der Waals surface area contributed by atoms with Crippen LogP contribution in [-0.4, -0.2) is 35.9 Å². The van der Waals surface area contributed by atoms with E-state index in [4.69, 9.17) is 12.2 Å². The molecular weight excluding hydrogens is 334 g/mol. The van der Waals surface area contributed by atoms with E-state index in [-0.39, 0.29) is 16.9 Å². The van der Waals surface area contributed by atoms with Crippen LogP contribution in [0, 0.1) is 0 Å². The van der Waals surface area contributed by atoms with E-state index >= 15 is 0 Å². The highest BCUT2D eigenvalue weighted by atomic mass is 32.1. The van der Waals surface area contributed by atoms with E-state index in [1.807, 2.05) is 30.3 Å². The molecule has 2 amide bonds. The maximum Gasteiger partial charge on any atom is 0.253 e. The first kappa shape index (κ1) is 18.4. The summed E-state index contributed by atoms with van der Waals surface area (Å²) in [4.78, 5) is 25.4. The highest BCUT2D eigenvalue weighted by Gasteiger charge is 2.09. The maximum atomic E-state index is 12.0. The molecule has 2 aromatic carbocycles. The molecule has 0 unspecified atom stereocenters. The Morgan fingerprint density at radius 2 is 1.76 bits per heavy atom. The van der Waals surface area contributed by atoms with Gasteiger partial charge < -0.3 is 10.2 Å². The quantitative estimate of drug-likeness (QED) is 0.655. The minimum Gasteiger partial charge on any atom is -0.345 e. The Morgan fingerprint density at radius 3 is 2.44 bits per heavy atom. The number of nitrogens with one attached hydrogen (secondary N) is 2. The monoisotopic (exact) mass is 353 g/mol. The first-order valence-corrected chi connectivity index (χ1v) is 8.03. The number of hydrogen-bond acceptors (Lipinski definition) is 3. The molecule has 0 aliphatic carbocycles. The second-order valence-corrected chi connectivity index (χ2v) is 5.88. The van der Waals surface area contributed by atoms with Crippen LogP contribution in [-0.2, 0) is 4.79 Å². The molecule has 0 heterocycles. The normalized spacial score (nSPS) is 10.3. The van der Waals surface area contributed by atoms with E-state index < -0.39 is 0 Å². The van der Waals surface area contributed by atoms with Gasteiger partial charge >= 0.3 is 0 Å². The lowest BCUT2D eigenvalue weighted by atomic mass is 10.2. The number of amides is 2. The first-order chi connectivity index (χ1) is 12.0. The highest BCUT2D eigenvalue weighted by molar-refractivity contribution is 7.80. The van der Waals surface area contributed by atoms with Gasteiger partial charge in [-0.15, -0.1) is 0 Å². The third kappa shape index (κ3) is 5.86. The van der Waals surface area contributed by atoms with Crippen molar-refractivity contribution >= 4 is 40.9 Å². The highest BCUT2D eigenvalue weighted by Crippen LogP contribution is 2.12. The van der Waals surface area contributed by atoms with Crippen LogP contribution in [0.3, 0.4) is 0 Å². The van der Waals surface area contributed by atoms with Gasteiger partial charge in [0.05, 0.1) is 0 Å². The molecule has 2 aromatic rings. The number of anilines is 1. The number of hydrogen-bond donors (Lipinski definition) is 2. The lowest BCUT2D eigenvalue weighted by Gasteiger charge is -2.12. The van der Waals surface area contributed by atoms with Crippen molar-refractivity contribution in [3.05, 3.63) is 71.8 Å². The number of carbonyl (C=O) groups excluding carboxylic acids is 2. The summed E-state index contributed by atoms with van der Waals surface area (Å²) in [6, 6.07) is 16.4. The van der Waals surface area contributed by atoms with Gasteiger partial charge in [-0.25, -0.2) is 0 Å². The van der Waals surface area contributed by atoms with E-state index in [2.05, 4.69) is 10.6 Å². The number of nitrogens with zero attached hydrogens (tertiary/aromatic N) is 1. The van der Waals surface area contributed by atoms with Gasteiger partial charge in [-0.1, -0.05) is 36.4 Å². The van der Waals surface area contributed by atoms with Crippen LogP contribution in [0.15, 0.2) is 60.7 Å². The van der Waals surface area contributed by atoms with Crippen LogP contribution in [0.4, 0.5) is 5.69 Å². The summed E-state index contributed by atoms with van der Waals surface area (Å²) in [6.07, 6.45) is 3.11. The Labute approximate surface area is 152 Å². The molecule has 2 N–H and O–H groups in total. The summed E-state index contributed by atoms with van der Waals surface area (Å²) in [5.41, 5.74) is 2.09. The van der Waals surface area contributed by atoms with Gasteiger partial charge in [-0.2, -0.15) is 0 Å². The Balaban J connectivity index is 1.94. The fourth-order valence-electron chi connectivity index (χ4n) is 2.04. The number of rotatable bonds is 4. The van der Waals surface area contributed by atoms with Crippen molar-refractivity contribution in [2.24, 2.45) is 0 Å².